The summed E-state index contributed by atoms with van der Waals surface area (Å²) < 4.78 is 15.7. The Labute approximate surface area is 129 Å². The second-order valence-corrected chi connectivity index (χ2v) is 5.99. The van der Waals surface area contributed by atoms with Crippen LogP contribution in [0.1, 0.15) is 16.8 Å². The molecular weight excluding hydrogens is 275 g/mol. The van der Waals surface area contributed by atoms with Gasteiger partial charge in [-0.3, -0.25) is 0 Å². The van der Waals surface area contributed by atoms with E-state index in [0.717, 1.165) is 38.0 Å². The molecule has 4 rings (SSSR count). The lowest BCUT2D eigenvalue weighted by Gasteiger charge is -2.07. The molecule has 0 saturated carbocycles. The average molecular weight is 294 g/mol. The zero-order chi connectivity index (χ0) is 14.9. The van der Waals surface area contributed by atoms with Crippen molar-refractivity contribution >= 4 is 10.9 Å². The first kappa shape index (κ1) is 13.5. The Kier molecular flexibility index (Phi) is 3.43. The number of hydrogen-bond acceptors (Lipinski definition) is 1. The van der Waals surface area contributed by atoms with E-state index in [1.165, 1.54) is 28.2 Å². The molecule has 0 spiro atoms. The number of hydrogen-bond donors (Lipinski definition) is 1. The van der Waals surface area contributed by atoms with Crippen molar-refractivity contribution in [2.24, 2.45) is 0 Å². The summed E-state index contributed by atoms with van der Waals surface area (Å²) in [5.74, 6) is -0.165. The van der Waals surface area contributed by atoms with E-state index in [9.17, 15) is 4.39 Å². The average Bonchev–Trinajstić information content (AvgIpc) is 2.68. The first-order valence-corrected chi connectivity index (χ1v) is 7.86. The number of fused-ring (bicyclic) bond motifs is 3. The Morgan fingerprint density at radius 2 is 1.91 bits per heavy atom. The van der Waals surface area contributed by atoms with Crippen molar-refractivity contribution in [3.8, 4) is 0 Å². The highest BCUT2D eigenvalue weighted by molar-refractivity contribution is 5.82. The number of rotatable bonds is 2. The van der Waals surface area contributed by atoms with Crippen molar-refractivity contribution in [3.05, 3.63) is 71.2 Å². The molecule has 112 valence electrons. The molecule has 2 aromatic carbocycles. The van der Waals surface area contributed by atoms with Gasteiger partial charge in [-0.25, -0.2) is 4.39 Å². The Balaban J connectivity index is 1.69. The van der Waals surface area contributed by atoms with Crippen molar-refractivity contribution in [1.82, 2.24) is 9.88 Å². The van der Waals surface area contributed by atoms with Crippen LogP contribution in [-0.4, -0.2) is 17.7 Å². The lowest BCUT2D eigenvalue weighted by Crippen LogP contribution is -2.17. The van der Waals surface area contributed by atoms with Crippen LogP contribution < -0.4 is 5.32 Å². The summed E-state index contributed by atoms with van der Waals surface area (Å²) in [5, 5.41) is 4.74. The van der Waals surface area contributed by atoms with Crippen LogP contribution >= 0.6 is 0 Å². The third-order valence-electron chi connectivity index (χ3n) is 4.42. The third-order valence-corrected chi connectivity index (χ3v) is 4.42. The van der Waals surface area contributed by atoms with Crippen LogP contribution in [0.2, 0.25) is 0 Å². The molecular formula is C19H19FN2. The second kappa shape index (κ2) is 5.58. The highest BCUT2D eigenvalue weighted by Gasteiger charge is 2.11. The van der Waals surface area contributed by atoms with Gasteiger partial charge in [0.05, 0.1) is 0 Å². The lowest BCUT2D eigenvalue weighted by molar-refractivity contribution is 0.626. The Bertz CT molecular complexity index is 819. The number of nitrogens with zero attached hydrogens (tertiary/aromatic N) is 1. The Hall–Kier alpha value is -2.13. The molecule has 3 heteroatoms. The zero-order valence-electron chi connectivity index (χ0n) is 12.5. The largest absolute Gasteiger partial charge is 0.343 e. The molecule has 1 N–H and O–H groups in total. The van der Waals surface area contributed by atoms with Crippen molar-refractivity contribution in [2.45, 2.75) is 19.4 Å². The first-order valence-electron chi connectivity index (χ1n) is 7.86. The van der Waals surface area contributed by atoms with Gasteiger partial charge in [0.25, 0.3) is 0 Å². The molecule has 22 heavy (non-hydrogen) atoms. The minimum atomic E-state index is -0.165. The van der Waals surface area contributed by atoms with E-state index in [4.69, 9.17) is 0 Å². The normalized spacial score (nSPS) is 14.8. The van der Waals surface area contributed by atoms with Gasteiger partial charge in [-0.05, 0) is 47.9 Å². The maximum absolute atomic E-state index is 13.3. The lowest BCUT2D eigenvalue weighted by atomic mass is 10.0. The van der Waals surface area contributed by atoms with Crippen LogP contribution in [-0.2, 0) is 19.4 Å². The minimum Gasteiger partial charge on any atom is -0.343 e. The van der Waals surface area contributed by atoms with E-state index in [2.05, 4.69) is 34.1 Å². The van der Waals surface area contributed by atoms with E-state index in [1.54, 1.807) is 12.1 Å². The number of nitrogens with one attached hydrogen (secondary N) is 1. The van der Waals surface area contributed by atoms with Gasteiger partial charge >= 0.3 is 0 Å². The summed E-state index contributed by atoms with van der Waals surface area (Å²) in [6.07, 6.45) is 1.85. The molecule has 0 radical (unpaired) electrons. The molecule has 0 unspecified atom stereocenters. The fourth-order valence-corrected chi connectivity index (χ4v) is 3.37. The van der Waals surface area contributed by atoms with Gasteiger partial charge in [-0.1, -0.05) is 18.2 Å². The highest BCUT2D eigenvalue weighted by Crippen LogP contribution is 2.24. The monoisotopic (exact) mass is 294 g/mol. The van der Waals surface area contributed by atoms with Gasteiger partial charge in [-0.2, -0.15) is 0 Å². The predicted molar refractivity (Wildman–Crippen MR) is 87.7 cm³/mol. The van der Waals surface area contributed by atoms with Crippen molar-refractivity contribution in [3.63, 3.8) is 0 Å². The van der Waals surface area contributed by atoms with E-state index in [-0.39, 0.29) is 5.82 Å². The van der Waals surface area contributed by atoms with Crippen LogP contribution in [0.15, 0.2) is 48.5 Å². The fraction of sp³-hybridized carbons (Fsp3) is 0.263. The number of benzene rings is 2. The highest BCUT2D eigenvalue weighted by atomic mass is 19.1. The van der Waals surface area contributed by atoms with Gasteiger partial charge in [0.1, 0.15) is 5.82 Å². The molecule has 3 aromatic rings. The van der Waals surface area contributed by atoms with Crippen LogP contribution in [0.4, 0.5) is 4.39 Å². The molecule has 0 amide bonds. The maximum Gasteiger partial charge on any atom is 0.123 e. The molecule has 2 nitrogen and oxygen atoms in total. The quantitative estimate of drug-likeness (QED) is 0.765. The number of aromatic nitrogens is 1. The molecule has 0 saturated heterocycles. The van der Waals surface area contributed by atoms with Crippen LogP contribution in [0, 0.1) is 5.82 Å². The Morgan fingerprint density at radius 3 is 2.82 bits per heavy atom. The predicted octanol–water partition coefficient (Wildman–Crippen LogP) is 3.52. The topological polar surface area (TPSA) is 17.0 Å². The van der Waals surface area contributed by atoms with Crippen LogP contribution in [0.3, 0.4) is 0 Å². The SMILES string of the molecule is Fc1cccc(Cc2ccc3c(c2)cc2n3CCNCC2)c1. The van der Waals surface area contributed by atoms with Gasteiger partial charge in [0, 0.05) is 42.7 Å². The number of halogens is 1. The molecule has 0 fully saturated rings. The smallest absolute Gasteiger partial charge is 0.123 e. The van der Waals surface area contributed by atoms with E-state index in [0.29, 0.717) is 0 Å². The minimum absolute atomic E-state index is 0.165. The van der Waals surface area contributed by atoms with Gasteiger partial charge in [-0.15, -0.1) is 0 Å². The molecule has 0 aliphatic carbocycles. The fourth-order valence-electron chi connectivity index (χ4n) is 3.37. The molecule has 0 atom stereocenters. The van der Waals surface area contributed by atoms with Crippen LogP contribution in [0.5, 0.6) is 0 Å². The van der Waals surface area contributed by atoms with E-state index in [1.807, 2.05) is 6.07 Å². The standard InChI is InChI=1S/C19H19FN2/c20-17-3-1-2-14(12-17)10-15-4-5-19-16(11-15)13-18-6-7-21-8-9-22(18)19/h1-5,11-13,21H,6-10H2. The summed E-state index contributed by atoms with van der Waals surface area (Å²) in [4.78, 5) is 0. The molecule has 2 heterocycles. The third kappa shape index (κ3) is 2.53. The van der Waals surface area contributed by atoms with Gasteiger partial charge in [0.15, 0.2) is 0 Å². The van der Waals surface area contributed by atoms with E-state index < -0.39 is 0 Å². The summed E-state index contributed by atoms with van der Waals surface area (Å²) in [7, 11) is 0. The summed E-state index contributed by atoms with van der Waals surface area (Å²) in [6, 6.07) is 15.8. The van der Waals surface area contributed by atoms with Crippen molar-refractivity contribution in [2.75, 3.05) is 13.1 Å². The molecule has 1 aliphatic rings. The van der Waals surface area contributed by atoms with Crippen molar-refractivity contribution in [1.29, 1.82) is 0 Å². The first-order chi connectivity index (χ1) is 10.8. The zero-order valence-corrected chi connectivity index (χ0v) is 12.5. The summed E-state index contributed by atoms with van der Waals surface area (Å²) in [6.45, 7) is 3.11. The second-order valence-electron chi connectivity index (χ2n) is 5.99. The molecule has 1 aromatic heterocycles. The van der Waals surface area contributed by atoms with Gasteiger partial charge < -0.3 is 9.88 Å². The molecule has 1 aliphatic heterocycles. The Morgan fingerprint density at radius 1 is 1.00 bits per heavy atom. The summed E-state index contributed by atoms with van der Waals surface area (Å²) >= 11 is 0. The molecule has 0 bridgehead atoms. The van der Waals surface area contributed by atoms with Gasteiger partial charge in [0.2, 0.25) is 0 Å². The van der Waals surface area contributed by atoms with Crippen molar-refractivity contribution < 1.29 is 4.39 Å². The van der Waals surface area contributed by atoms with E-state index >= 15 is 0 Å². The maximum atomic E-state index is 13.3. The summed E-state index contributed by atoms with van der Waals surface area (Å²) in [5.41, 5.74) is 4.96. The van der Waals surface area contributed by atoms with Crippen LogP contribution in [0.25, 0.3) is 10.9 Å².